The van der Waals surface area contributed by atoms with E-state index in [4.69, 9.17) is 25.5 Å². The molecule has 1 heterocycles. The Morgan fingerprint density at radius 2 is 1.43 bits per heavy atom. The second kappa shape index (κ2) is 15.4. The number of anilines is 1. The molecule has 1 amide bonds. The third kappa shape index (κ3) is 7.90. The normalized spacial score (nSPS) is 12.3. The van der Waals surface area contributed by atoms with Crippen LogP contribution in [-0.2, 0) is 12.8 Å². The molecule has 0 saturated carbocycles. The molecule has 0 N–H and O–H groups in total. The number of methoxy groups -OCH3 is 2. The predicted octanol–water partition coefficient (Wildman–Crippen LogP) is 9.80. The van der Waals surface area contributed by atoms with Crippen molar-refractivity contribution >= 4 is 39.7 Å². The van der Waals surface area contributed by atoms with Crippen molar-refractivity contribution in [2.24, 2.45) is 0 Å². The zero-order chi connectivity index (χ0) is 36.9. The molecule has 7 nitrogen and oxygen atoms in total. The maximum absolute atomic E-state index is 14.2. The van der Waals surface area contributed by atoms with Crippen molar-refractivity contribution in [3.05, 3.63) is 124 Å². The first kappa shape index (κ1) is 37.8. The Labute approximate surface area is 302 Å². The maximum atomic E-state index is 14.2. The Morgan fingerprint density at radius 1 is 0.804 bits per heavy atom. The van der Waals surface area contributed by atoms with Gasteiger partial charge in [0.15, 0.2) is 0 Å². The molecular formula is C40H44ClF2N2O5P. The van der Waals surface area contributed by atoms with E-state index in [-0.39, 0.29) is 29.8 Å². The van der Waals surface area contributed by atoms with Crippen molar-refractivity contribution < 1.29 is 27.8 Å². The molecule has 4 aromatic carbocycles. The van der Waals surface area contributed by atoms with Crippen LogP contribution in [0.25, 0.3) is 16.6 Å². The third-order valence-corrected chi connectivity index (χ3v) is 18.4. The minimum Gasteiger partial charge on any atom is -0.288 e. The fourth-order valence-corrected chi connectivity index (χ4v) is 9.98. The number of nitrogens with zero attached hydrogens (tertiary/aromatic N) is 2. The number of ether oxygens (including phenoxy) is 3. The van der Waals surface area contributed by atoms with Crippen molar-refractivity contribution in [3.8, 4) is 22.9 Å². The fourth-order valence-electron chi connectivity index (χ4n) is 6.42. The fraction of sp³-hybridized carbons (Fsp3) is 0.300. The smallest absolute Gasteiger partial charge is 0.288 e. The van der Waals surface area contributed by atoms with Crippen LogP contribution < -0.4 is 24.5 Å². The van der Waals surface area contributed by atoms with E-state index < -0.39 is 28.9 Å². The number of rotatable bonds is 14. The number of aromatic nitrogens is 1. The van der Waals surface area contributed by atoms with Crippen LogP contribution in [0.15, 0.2) is 89.9 Å². The average Bonchev–Trinajstić information content (AvgIpc) is 3.14. The van der Waals surface area contributed by atoms with Crippen LogP contribution in [0.4, 0.5) is 14.5 Å². The Balaban J connectivity index is 1.60. The number of hydrogen-bond acceptors (Lipinski definition) is 5. The summed E-state index contributed by atoms with van der Waals surface area (Å²) in [5.74, 6) is -3.36. The molecule has 1 aromatic heterocycles. The molecule has 51 heavy (non-hydrogen) atoms. The summed E-state index contributed by atoms with van der Waals surface area (Å²) in [7, 11) is 3.06. The monoisotopic (exact) mass is 736 g/mol. The molecule has 5 aromatic rings. The standard InChI is InChI=1S/C40H44ClF2N2O5P/c1-7-44(31-18-29(42)17-30(43)19-31)40(47)37-24-45(38-23-33(48-5)15-16-36(38)39(37)46)32-20-34(49-6)22-35(21-32)50-25-27-13-11-12-14-28(27)26-51(41,8-2,9-3)10-4/h11-24H,7-10,25-26H2,1-6H3. The number of benzene rings is 4. The van der Waals surface area contributed by atoms with Gasteiger partial charge in [-0.05, 0) is 25.1 Å². The van der Waals surface area contributed by atoms with Crippen molar-refractivity contribution in [2.45, 2.75) is 40.5 Å². The summed E-state index contributed by atoms with van der Waals surface area (Å²) in [4.78, 5) is 29.1. The number of carbonyl (C=O) groups excluding carboxylic acids is 1. The van der Waals surface area contributed by atoms with Gasteiger partial charge in [-0.15, -0.1) is 0 Å². The Hall–Kier alpha value is -4.46. The molecule has 0 radical (unpaired) electrons. The summed E-state index contributed by atoms with van der Waals surface area (Å²) in [5, 5.41) is 0.243. The Bertz CT molecular complexity index is 2100. The zero-order valence-electron chi connectivity index (χ0n) is 29.8. The molecule has 270 valence electrons. The molecular weight excluding hydrogens is 693 g/mol. The van der Waals surface area contributed by atoms with Crippen LogP contribution in [0.1, 0.15) is 49.2 Å². The van der Waals surface area contributed by atoms with E-state index in [0.29, 0.717) is 28.5 Å². The number of pyridine rings is 1. The first-order valence-electron chi connectivity index (χ1n) is 17.0. The summed E-state index contributed by atoms with van der Waals surface area (Å²) in [6.07, 6.45) is 5.10. The molecule has 0 bridgehead atoms. The van der Waals surface area contributed by atoms with Crippen LogP contribution in [0.5, 0.6) is 17.2 Å². The summed E-state index contributed by atoms with van der Waals surface area (Å²) in [5.41, 5.74) is 2.47. The molecule has 0 atom stereocenters. The topological polar surface area (TPSA) is 70.0 Å². The van der Waals surface area contributed by atoms with E-state index in [1.807, 2.05) is 12.1 Å². The summed E-state index contributed by atoms with van der Waals surface area (Å²) in [6, 6.07) is 21.3. The molecule has 0 unspecified atom stereocenters. The van der Waals surface area contributed by atoms with Gasteiger partial charge in [0.05, 0.1) is 7.11 Å². The number of amides is 1. The van der Waals surface area contributed by atoms with E-state index in [9.17, 15) is 18.4 Å². The van der Waals surface area contributed by atoms with Crippen LogP contribution in [0.3, 0.4) is 0 Å². The van der Waals surface area contributed by atoms with E-state index in [2.05, 4.69) is 32.9 Å². The van der Waals surface area contributed by atoms with Gasteiger partial charge < -0.3 is 9.64 Å². The molecule has 0 saturated heterocycles. The summed E-state index contributed by atoms with van der Waals surface area (Å²) in [6.45, 7) is 8.56. The summed E-state index contributed by atoms with van der Waals surface area (Å²) < 4.78 is 47.7. The van der Waals surface area contributed by atoms with Gasteiger partial charge in [-0.2, -0.15) is 0 Å². The van der Waals surface area contributed by atoms with Crippen molar-refractivity contribution in [2.75, 3.05) is 44.1 Å². The van der Waals surface area contributed by atoms with Crippen LogP contribution >= 0.6 is 17.2 Å². The number of fused-ring (bicyclic) bond motifs is 1. The van der Waals surface area contributed by atoms with Crippen LogP contribution in [-0.4, -0.2) is 49.7 Å². The van der Waals surface area contributed by atoms with Crippen molar-refractivity contribution in [1.29, 1.82) is 0 Å². The van der Waals surface area contributed by atoms with E-state index >= 15 is 0 Å². The molecule has 0 spiro atoms. The first-order valence-corrected chi connectivity index (χ1v) is 20.9. The molecule has 11 heteroatoms. The van der Waals surface area contributed by atoms with E-state index in [0.717, 1.165) is 53.3 Å². The molecule has 0 aliphatic carbocycles. The van der Waals surface area contributed by atoms with Crippen molar-refractivity contribution in [1.82, 2.24) is 4.57 Å². The molecule has 5 rings (SSSR count). The minimum atomic E-state index is -2.46. The van der Waals surface area contributed by atoms with Gasteiger partial charge in [0.2, 0.25) is 0 Å². The third-order valence-electron chi connectivity index (χ3n) is 9.99. The number of carbonyl (C=O) groups is 1. The predicted molar refractivity (Wildman–Crippen MR) is 205 cm³/mol. The van der Waals surface area contributed by atoms with Crippen LogP contribution in [0, 0.1) is 11.6 Å². The Kier molecular flexibility index (Phi) is 11.4. The second-order valence-electron chi connectivity index (χ2n) is 12.7. The van der Waals surface area contributed by atoms with E-state index in [1.54, 1.807) is 55.0 Å². The SMILES string of the molecule is CCN(C(=O)c1cn(-c2cc(OC)cc(OCc3ccccc3CP(Cl)(CC)(CC)CC)c2)c2cc(OC)ccc2c1=O)c1cc(F)cc(F)c1. The minimum absolute atomic E-state index is 0.00484. The average molecular weight is 737 g/mol. The van der Waals surface area contributed by atoms with Gasteiger partial charge in [0.1, 0.15) is 11.6 Å². The van der Waals surface area contributed by atoms with Gasteiger partial charge in [0, 0.05) is 18.3 Å². The molecule has 0 aliphatic heterocycles. The second-order valence-corrected chi connectivity index (χ2v) is 21.4. The molecule has 0 fully saturated rings. The van der Waals surface area contributed by atoms with Gasteiger partial charge >= 0.3 is 213 Å². The number of hydrogen-bond donors (Lipinski definition) is 0. The van der Waals surface area contributed by atoms with E-state index in [1.165, 1.54) is 18.9 Å². The quantitative estimate of drug-likeness (QED) is 0.106. The summed E-state index contributed by atoms with van der Waals surface area (Å²) >= 11 is 7.47. The van der Waals surface area contributed by atoms with Crippen LogP contribution in [0.2, 0.25) is 0 Å². The van der Waals surface area contributed by atoms with Gasteiger partial charge in [-0.25, -0.2) is 8.78 Å². The first-order chi connectivity index (χ1) is 24.4. The zero-order valence-corrected chi connectivity index (χ0v) is 31.5. The Morgan fingerprint density at radius 3 is 2.04 bits per heavy atom. The van der Waals surface area contributed by atoms with Crippen molar-refractivity contribution in [3.63, 3.8) is 0 Å². The van der Waals surface area contributed by atoms with Gasteiger partial charge in [-0.1, -0.05) is 0 Å². The van der Waals surface area contributed by atoms with Gasteiger partial charge in [0.25, 0.3) is 0 Å². The number of halogens is 3. The molecule has 0 aliphatic rings. The van der Waals surface area contributed by atoms with Gasteiger partial charge in [-0.3, -0.25) is 9.59 Å².